The highest BCUT2D eigenvalue weighted by Crippen LogP contribution is 2.31. The summed E-state index contributed by atoms with van der Waals surface area (Å²) in [6, 6.07) is 10.1. The van der Waals surface area contributed by atoms with Crippen molar-refractivity contribution in [3.05, 3.63) is 46.3 Å². The fraction of sp³-hybridized carbons (Fsp3) is 0.200. The lowest BCUT2D eigenvalue weighted by Gasteiger charge is -2.13. The van der Waals surface area contributed by atoms with Crippen LogP contribution in [0.3, 0.4) is 0 Å². The number of aromatic nitrogens is 1. The first-order valence-corrected chi connectivity index (χ1v) is 7.31. The Hall–Kier alpha value is -2.52. The molecule has 104 valence electrons. The molecule has 1 heterocycles. The van der Waals surface area contributed by atoms with E-state index in [0.29, 0.717) is 5.36 Å². The van der Waals surface area contributed by atoms with E-state index in [4.69, 9.17) is 10.4 Å². The van der Waals surface area contributed by atoms with Crippen LogP contribution in [0.15, 0.2) is 35.4 Å². The van der Waals surface area contributed by atoms with E-state index in [9.17, 15) is 0 Å². The van der Waals surface area contributed by atoms with Crippen LogP contribution in [0.4, 0.5) is 5.69 Å². The Morgan fingerprint density at radius 2 is 2.05 bits per heavy atom. The van der Waals surface area contributed by atoms with Gasteiger partial charge in [-0.25, -0.2) is 4.98 Å². The quantitative estimate of drug-likeness (QED) is 0.392. The highest BCUT2D eigenvalue weighted by atomic mass is 32.1. The maximum atomic E-state index is 8.63. The van der Waals surface area contributed by atoms with Gasteiger partial charge in [-0.05, 0) is 42.8 Å². The van der Waals surface area contributed by atoms with Crippen molar-refractivity contribution in [3.63, 3.8) is 0 Å². The molecule has 0 aromatic heterocycles. The largest absolute Gasteiger partial charge is 0.378 e. The zero-order valence-corrected chi connectivity index (χ0v) is 12.8. The Kier molecular flexibility index (Phi) is 3.28. The molecule has 0 fully saturated rings. The number of anilines is 1. The van der Waals surface area contributed by atoms with Gasteiger partial charge in [0, 0.05) is 19.8 Å². The summed E-state index contributed by atoms with van der Waals surface area (Å²) in [7, 11) is 4.03. The van der Waals surface area contributed by atoms with Crippen LogP contribution in [-0.2, 0) is 0 Å². The number of benzene rings is 2. The Morgan fingerprint density at radius 1 is 1.24 bits per heavy atom. The number of diazo groups is 1. The number of nitrogens with zero attached hydrogens (tertiary/aromatic N) is 5. The summed E-state index contributed by atoms with van der Waals surface area (Å²) >= 11 is 1.66. The van der Waals surface area contributed by atoms with E-state index in [1.54, 1.807) is 11.3 Å². The van der Waals surface area contributed by atoms with Crippen molar-refractivity contribution in [2.75, 3.05) is 19.0 Å². The zero-order chi connectivity index (χ0) is 15.0. The van der Waals surface area contributed by atoms with Crippen LogP contribution in [0.5, 0.6) is 0 Å². The third-order valence-corrected chi connectivity index (χ3v) is 4.44. The normalized spacial score (nSPS) is 11.8. The lowest BCUT2D eigenvalue weighted by atomic mass is 10.1. The van der Waals surface area contributed by atoms with Gasteiger partial charge in [-0.1, -0.05) is 0 Å². The second-order valence-electron chi connectivity index (χ2n) is 5.06. The summed E-state index contributed by atoms with van der Waals surface area (Å²) in [5.41, 5.74) is 3.99. The van der Waals surface area contributed by atoms with Gasteiger partial charge >= 0.3 is 5.08 Å². The van der Waals surface area contributed by atoms with Crippen molar-refractivity contribution in [1.29, 1.82) is 5.39 Å². The molecule has 1 aliphatic carbocycles. The summed E-state index contributed by atoms with van der Waals surface area (Å²) in [5, 5.41) is 15.9. The number of hydrogen-bond donors (Lipinski definition) is 0. The molecule has 1 aromatic rings. The van der Waals surface area contributed by atoms with Crippen LogP contribution in [0.2, 0.25) is 0 Å². The highest BCUT2D eigenvalue weighted by Gasteiger charge is 2.11. The van der Waals surface area contributed by atoms with Crippen LogP contribution < -0.4 is 10.3 Å². The van der Waals surface area contributed by atoms with Gasteiger partial charge < -0.3 is 4.90 Å². The molecular formula is C15H14N5S+. The fourth-order valence-electron chi connectivity index (χ4n) is 2.19. The van der Waals surface area contributed by atoms with E-state index in [0.717, 1.165) is 32.0 Å². The van der Waals surface area contributed by atoms with Gasteiger partial charge in [0.1, 0.15) is 0 Å². The molecule has 0 atom stereocenters. The predicted molar refractivity (Wildman–Crippen MR) is 86.0 cm³/mol. The molecule has 3 rings (SSSR count). The second-order valence-corrected chi connectivity index (χ2v) is 6.14. The molecule has 21 heavy (non-hydrogen) atoms. The first-order chi connectivity index (χ1) is 10.1. The van der Waals surface area contributed by atoms with Crippen molar-refractivity contribution < 1.29 is 0 Å². The molecule has 1 aliphatic heterocycles. The average molecular weight is 296 g/mol. The van der Waals surface area contributed by atoms with Gasteiger partial charge in [-0.2, -0.15) is 0 Å². The molecule has 0 bridgehead atoms. The fourth-order valence-corrected chi connectivity index (χ4v) is 3.21. The van der Waals surface area contributed by atoms with Gasteiger partial charge in [0.15, 0.2) is 10.5 Å². The molecular weight excluding hydrogens is 282 g/mol. The van der Waals surface area contributed by atoms with Gasteiger partial charge in [-0.3, -0.25) is 0 Å². The first kappa shape index (κ1) is 13.5. The molecule has 0 saturated carbocycles. The molecule has 0 saturated heterocycles. The number of rotatable bonds is 1. The van der Waals surface area contributed by atoms with Crippen molar-refractivity contribution in [1.82, 2.24) is 4.98 Å². The lowest BCUT2D eigenvalue weighted by molar-refractivity contribution is 1.13. The Morgan fingerprint density at radius 3 is 2.76 bits per heavy atom. The molecule has 0 amide bonds. The predicted octanol–water partition coefficient (Wildman–Crippen LogP) is 3.44. The molecule has 5 nitrogen and oxygen atoms in total. The smallest absolute Gasteiger partial charge is 0.339 e. The summed E-state index contributed by atoms with van der Waals surface area (Å²) in [4.78, 5) is 7.78. The zero-order valence-electron chi connectivity index (χ0n) is 12.0. The van der Waals surface area contributed by atoms with Gasteiger partial charge in [0.2, 0.25) is 0 Å². The summed E-state index contributed by atoms with van der Waals surface area (Å²) in [6.07, 6.45) is 0. The maximum Gasteiger partial charge on any atom is 0.339 e. The van der Waals surface area contributed by atoms with Gasteiger partial charge in [-0.15, -0.1) is 11.3 Å². The second kappa shape index (κ2) is 5.11. The molecule has 1 aromatic carbocycles. The Bertz CT molecular complexity index is 904. The average Bonchev–Trinajstić information content (AvgIpc) is 2.45. The third-order valence-electron chi connectivity index (χ3n) is 3.35. The highest BCUT2D eigenvalue weighted by molar-refractivity contribution is 7.21. The van der Waals surface area contributed by atoms with Crippen molar-refractivity contribution in [2.45, 2.75) is 6.92 Å². The lowest BCUT2D eigenvalue weighted by Crippen LogP contribution is -2.08. The Labute approximate surface area is 126 Å². The number of aryl methyl sites for hydroxylation is 1. The van der Waals surface area contributed by atoms with Crippen LogP contribution in [0, 0.1) is 12.3 Å². The van der Waals surface area contributed by atoms with Crippen LogP contribution in [0.25, 0.3) is 25.9 Å². The first-order valence-electron chi connectivity index (χ1n) is 6.49. The monoisotopic (exact) mass is 296 g/mol. The van der Waals surface area contributed by atoms with Crippen molar-refractivity contribution in [2.24, 2.45) is 5.10 Å². The summed E-state index contributed by atoms with van der Waals surface area (Å²) in [6.45, 7) is 1.93. The van der Waals surface area contributed by atoms with Crippen molar-refractivity contribution >= 4 is 27.2 Å². The Balaban J connectivity index is 2.32. The molecule has 0 unspecified atom stereocenters. The van der Waals surface area contributed by atoms with Gasteiger partial charge in [0.05, 0.1) is 20.8 Å². The van der Waals surface area contributed by atoms with E-state index in [2.05, 4.69) is 27.2 Å². The summed E-state index contributed by atoms with van der Waals surface area (Å²) < 4.78 is 1.12. The van der Waals surface area contributed by atoms with E-state index in [-0.39, 0.29) is 0 Å². The molecule has 0 N–H and O–H groups in total. The van der Waals surface area contributed by atoms with E-state index in [1.807, 2.05) is 39.2 Å². The number of hydrogen-bond acceptors (Lipinski definition) is 5. The maximum absolute atomic E-state index is 8.63. The third kappa shape index (κ3) is 2.43. The molecule has 2 aliphatic rings. The van der Waals surface area contributed by atoms with E-state index >= 15 is 0 Å². The van der Waals surface area contributed by atoms with E-state index in [1.165, 1.54) is 0 Å². The topological polar surface area (TPSA) is 56.6 Å². The molecule has 6 heteroatoms. The summed E-state index contributed by atoms with van der Waals surface area (Å²) in [5.74, 6) is 0. The molecule has 0 radical (unpaired) electrons. The minimum atomic E-state index is 0.658. The van der Waals surface area contributed by atoms with Crippen molar-refractivity contribution in [3.8, 4) is 10.6 Å². The standard InChI is InChI=1S/C15H14N5S/c1-9-6-13-15(8-12(9)18-19-16)21-14-7-10(20(2)3)4-5-11(14)17-13/h4-8H,1-3H3/q+1. The minimum Gasteiger partial charge on any atom is -0.378 e. The SMILES string of the molecule is Cc1cc2nc3ccc(N(C)C)cc3sc-2cc1=N[N+]#N. The van der Waals surface area contributed by atoms with Crippen LogP contribution >= 0.6 is 11.3 Å². The number of fused-ring (bicyclic) bond motifs is 2. The van der Waals surface area contributed by atoms with E-state index < -0.39 is 0 Å². The van der Waals surface area contributed by atoms with Crippen LogP contribution in [-0.4, -0.2) is 19.1 Å². The molecule has 0 spiro atoms. The minimum absolute atomic E-state index is 0.658. The van der Waals surface area contributed by atoms with Gasteiger partial charge in [0.25, 0.3) is 5.39 Å². The van der Waals surface area contributed by atoms with Crippen LogP contribution in [0.1, 0.15) is 5.56 Å².